The van der Waals surface area contributed by atoms with Crippen molar-refractivity contribution in [2.24, 2.45) is 5.73 Å². The molecule has 1 heterocycles. The van der Waals surface area contributed by atoms with E-state index in [1.165, 1.54) is 0 Å². The molecule has 1 aromatic carbocycles. The molecular formula is C15H19N3O. The van der Waals surface area contributed by atoms with Crippen LogP contribution in [0, 0.1) is 6.92 Å². The average molecular weight is 257 g/mol. The first kappa shape index (κ1) is 13.5. The van der Waals surface area contributed by atoms with Crippen LogP contribution >= 0.6 is 0 Å². The molecule has 0 fully saturated rings. The van der Waals surface area contributed by atoms with Crippen LogP contribution in [0.25, 0.3) is 0 Å². The lowest BCUT2D eigenvalue weighted by atomic mass is 10.1. The SMILES string of the molecule is CCCOc1ccc(C(N)c2cnc(C)cn2)cc1. The molecule has 0 radical (unpaired) electrons. The molecule has 2 rings (SSSR count). The van der Waals surface area contributed by atoms with E-state index in [9.17, 15) is 0 Å². The lowest BCUT2D eigenvalue weighted by Crippen LogP contribution is -2.14. The Morgan fingerprint density at radius 3 is 2.47 bits per heavy atom. The molecule has 4 nitrogen and oxygen atoms in total. The minimum Gasteiger partial charge on any atom is -0.494 e. The van der Waals surface area contributed by atoms with E-state index in [-0.39, 0.29) is 6.04 Å². The van der Waals surface area contributed by atoms with Gasteiger partial charge in [0.15, 0.2) is 0 Å². The van der Waals surface area contributed by atoms with Crippen LogP contribution in [-0.2, 0) is 0 Å². The zero-order valence-electron chi connectivity index (χ0n) is 11.3. The molecule has 0 bridgehead atoms. The van der Waals surface area contributed by atoms with Gasteiger partial charge in [0.2, 0.25) is 0 Å². The van der Waals surface area contributed by atoms with Crippen molar-refractivity contribution in [2.75, 3.05) is 6.61 Å². The fourth-order valence-electron chi connectivity index (χ4n) is 1.73. The van der Waals surface area contributed by atoms with Crippen LogP contribution in [0.1, 0.15) is 36.3 Å². The fourth-order valence-corrected chi connectivity index (χ4v) is 1.73. The zero-order chi connectivity index (χ0) is 13.7. The summed E-state index contributed by atoms with van der Waals surface area (Å²) in [4.78, 5) is 8.52. The summed E-state index contributed by atoms with van der Waals surface area (Å²) in [5.74, 6) is 0.868. The Hall–Kier alpha value is -1.94. The van der Waals surface area contributed by atoms with Crippen LogP contribution in [0.4, 0.5) is 0 Å². The second kappa shape index (κ2) is 6.29. The molecule has 2 N–H and O–H groups in total. The smallest absolute Gasteiger partial charge is 0.119 e. The third-order valence-corrected chi connectivity index (χ3v) is 2.83. The Labute approximate surface area is 113 Å². The topological polar surface area (TPSA) is 61.0 Å². The third kappa shape index (κ3) is 3.51. The van der Waals surface area contributed by atoms with Gasteiger partial charge in [-0.05, 0) is 31.0 Å². The van der Waals surface area contributed by atoms with Crippen molar-refractivity contribution in [1.82, 2.24) is 9.97 Å². The van der Waals surface area contributed by atoms with Crippen molar-refractivity contribution < 1.29 is 4.74 Å². The van der Waals surface area contributed by atoms with Crippen LogP contribution in [0.5, 0.6) is 5.75 Å². The fraction of sp³-hybridized carbons (Fsp3) is 0.333. The summed E-state index contributed by atoms with van der Waals surface area (Å²) >= 11 is 0. The van der Waals surface area contributed by atoms with Crippen LogP contribution in [0.2, 0.25) is 0 Å². The molecule has 0 spiro atoms. The van der Waals surface area contributed by atoms with Gasteiger partial charge in [0.05, 0.1) is 30.2 Å². The van der Waals surface area contributed by atoms with Gasteiger partial charge >= 0.3 is 0 Å². The molecule has 4 heteroatoms. The molecule has 2 aromatic rings. The number of nitrogens with two attached hydrogens (primary N) is 1. The normalized spacial score (nSPS) is 12.2. The quantitative estimate of drug-likeness (QED) is 0.894. The molecule has 0 aliphatic rings. The summed E-state index contributed by atoms with van der Waals surface area (Å²) in [6, 6.07) is 7.56. The Balaban J connectivity index is 2.10. The number of hydrogen-bond donors (Lipinski definition) is 1. The summed E-state index contributed by atoms with van der Waals surface area (Å²) in [5.41, 5.74) is 8.83. The van der Waals surface area contributed by atoms with Gasteiger partial charge in [-0.3, -0.25) is 9.97 Å². The standard InChI is InChI=1S/C15H19N3O/c1-3-8-19-13-6-4-12(5-7-13)15(16)14-10-17-11(2)9-18-14/h4-7,9-10,15H,3,8,16H2,1-2H3. The first-order chi connectivity index (χ1) is 9.20. The molecule has 0 amide bonds. The second-order valence-electron chi connectivity index (χ2n) is 4.48. The predicted molar refractivity (Wildman–Crippen MR) is 75.0 cm³/mol. The molecule has 1 aromatic heterocycles. The Morgan fingerprint density at radius 1 is 1.16 bits per heavy atom. The summed E-state index contributed by atoms with van der Waals surface area (Å²) in [5, 5.41) is 0. The zero-order valence-corrected chi connectivity index (χ0v) is 11.3. The summed E-state index contributed by atoms with van der Waals surface area (Å²) in [6.07, 6.45) is 4.45. The largest absolute Gasteiger partial charge is 0.494 e. The first-order valence-corrected chi connectivity index (χ1v) is 6.47. The van der Waals surface area contributed by atoms with Gasteiger partial charge in [-0.15, -0.1) is 0 Å². The molecule has 0 aliphatic carbocycles. The van der Waals surface area contributed by atoms with E-state index in [1.54, 1.807) is 12.4 Å². The highest BCUT2D eigenvalue weighted by Gasteiger charge is 2.10. The third-order valence-electron chi connectivity index (χ3n) is 2.83. The minimum atomic E-state index is -0.256. The lowest BCUT2D eigenvalue weighted by Gasteiger charge is -2.12. The maximum atomic E-state index is 6.17. The number of hydrogen-bond acceptors (Lipinski definition) is 4. The molecule has 100 valence electrons. The number of benzene rings is 1. The first-order valence-electron chi connectivity index (χ1n) is 6.47. The average Bonchev–Trinajstić information content (AvgIpc) is 2.46. The van der Waals surface area contributed by atoms with Crippen LogP contribution in [0.3, 0.4) is 0 Å². The molecular weight excluding hydrogens is 238 g/mol. The summed E-state index contributed by atoms with van der Waals surface area (Å²) in [7, 11) is 0. The van der Waals surface area contributed by atoms with Crippen LogP contribution in [0.15, 0.2) is 36.7 Å². The predicted octanol–water partition coefficient (Wildman–Crippen LogP) is 2.62. The van der Waals surface area contributed by atoms with E-state index in [0.717, 1.165) is 35.7 Å². The van der Waals surface area contributed by atoms with Crippen molar-refractivity contribution in [3.8, 4) is 5.75 Å². The van der Waals surface area contributed by atoms with Gasteiger partial charge in [-0.1, -0.05) is 19.1 Å². The molecule has 0 aliphatic heterocycles. The Bertz CT molecular complexity index is 508. The number of aromatic nitrogens is 2. The summed E-state index contributed by atoms with van der Waals surface area (Å²) in [6.45, 7) is 4.72. The molecule has 1 atom stereocenters. The minimum absolute atomic E-state index is 0.256. The van der Waals surface area contributed by atoms with Gasteiger partial charge in [0.1, 0.15) is 5.75 Å². The van der Waals surface area contributed by atoms with E-state index in [0.29, 0.717) is 0 Å². The van der Waals surface area contributed by atoms with Gasteiger partial charge in [-0.2, -0.15) is 0 Å². The van der Waals surface area contributed by atoms with Gasteiger partial charge in [0.25, 0.3) is 0 Å². The monoisotopic (exact) mass is 257 g/mol. The van der Waals surface area contributed by atoms with Crippen molar-refractivity contribution in [2.45, 2.75) is 26.3 Å². The number of nitrogens with zero attached hydrogens (tertiary/aromatic N) is 2. The Kier molecular flexibility index (Phi) is 4.47. The van der Waals surface area contributed by atoms with E-state index in [2.05, 4.69) is 16.9 Å². The Morgan fingerprint density at radius 2 is 1.89 bits per heavy atom. The van der Waals surface area contributed by atoms with E-state index in [1.807, 2.05) is 31.2 Å². The van der Waals surface area contributed by atoms with Gasteiger partial charge in [0, 0.05) is 6.20 Å². The van der Waals surface area contributed by atoms with Gasteiger partial charge < -0.3 is 10.5 Å². The highest BCUT2D eigenvalue weighted by atomic mass is 16.5. The molecule has 0 saturated heterocycles. The van der Waals surface area contributed by atoms with E-state index in [4.69, 9.17) is 10.5 Å². The van der Waals surface area contributed by atoms with Crippen LogP contribution < -0.4 is 10.5 Å². The van der Waals surface area contributed by atoms with E-state index < -0.39 is 0 Å². The second-order valence-corrected chi connectivity index (χ2v) is 4.48. The number of rotatable bonds is 5. The molecule has 1 unspecified atom stereocenters. The number of aryl methyl sites for hydroxylation is 1. The van der Waals surface area contributed by atoms with Crippen molar-refractivity contribution in [3.05, 3.63) is 53.6 Å². The highest BCUT2D eigenvalue weighted by Crippen LogP contribution is 2.20. The summed E-state index contributed by atoms with van der Waals surface area (Å²) < 4.78 is 5.54. The van der Waals surface area contributed by atoms with E-state index >= 15 is 0 Å². The van der Waals surface area contributed by atoms with Gasteiger partial charge in [-0.25, -0.2) is 0 Å². The molecule has 0 saturated carbocycles. The highest BCUT2D eigenvalue weighted by molar-refractivity contribution is 5.32. The van der Waals surface area contributed by atoms with Crippen LogP contribution in [-0.4, -0.2) is 16.6 Å². The maximum Gasteiger partial charge on any atom is 0.119 e. The van der Waals surface area contributed by atoms with Crippen molar-refractivity contribution >= 4 is 0 Å². The number of ether oxygens (including phenoxy) is 1. The van der Waals surface area contributed by atoms with Crippen molar-refractivity contribution in [1.29, 1.82) is 0 Å². The maximum absolute atomic E-state index is 6.17. The molecule has 19 heavy (non-hydrogen) atoms. The van der Waals surface area contributed by atoms with Crippen molar-refractivity contribution in [3.63, 3.8) is 0 Å². The lowest BCUT2D eigenvalue weighted by molar-refractivity contribution is 0.317.